The third-order valence-corrected chi connectivity index (χ3v) is 3.10. The van der Waals surface area contributed by atoms with Crippen molar-refractivity contribution in [1.29, 1.82) is 0 Å². The summed E-state index contributed by atoms with van der Waals surface area (Å²) >= 11 is 0. The van der Waals surface area contributed by atoms with Crippen LogP contribution in [0.4, 0.5) is 0 Å². The van der Waals surface area contributed by atoms with Crippen LogP contribution in [0.2, 0.25) is 0 Å². The molecule has 0 saturated heterocycles. The maximum Gasteiger partial charge on any atom is 0.307 e. The van der Waals surface area contributed by atoms with Crippen molar-refractivity contribution in [3.05, 3.63) is 0 Å². The highest BCUT2D eigenvalue weighted by molar-refractivity contribution is 5.74. The van der Waals surface area contributed by atoms with E-state index < -0.39 is 5.97 Å². The summed E-state index contributed by atoms with van der Waals surface area (Å²) in [5.41, 5.74) is 0.174. The Hall–Kier alpha value is -0.530. The minimum atomic E-state index is -0.590. The molecule has 0 radical (unpaired) electrons. The Kier molecular flexibility index (Phi) is 1.29. The van der Waals surface area contributed by atoms with Crippen LogP contribution in [-0.2, 0) is 4.79 Å². The van der Waals surface area contributed by atoms with E-state index in [4.69, 9.17) is 5.11 Å². The molecule has 0 aromatic carbocycles. The molecule has 11 heavy (non-hydrogen) atoms. The van der Waals surface area contributed by atoms with E-state index >= 15 is 0 Å². The van der Waals surface area contributed by atoms with Crippen molar-refractivity contribution in [3.8, 4) is 0 Å². The highest BCUT2D eigenvalue weighted by atomic mass is 16.4. The molecule has 1 N–H and O–H groups in total. The van der Waals surface area contributed by atoms with Gasteiger partial charge in [-0.2, -0.15) is 0 Å². The SMILES string of the molecule is CC1(CC2CC2)CC1C(=O)O. The lowest BCUT2D eigenvalue weighted by atomic mass is 9.99. The predicted molar refractivity (Wildman–Crippen MR) is 41.2 cm³/mol. The fourth-order valence-corrected chi connectivity index (χ4v) is 2.00. The first-order chi connectivity index (χ1) is 5.12. The van der Waals surface area contributed by atoms with Gasteiger partial charge in [-0.15, -0.1) is 0 Å². The Labute approximate surface area is 66.6 Å². The number of carboxylic acid groups (broad SMARTS) is 1. The molecule has 2 heteroatoms. The van der Waals surface area contributed by atoms with Gasteiger partial charge < -0.3 is 5.11 Å². The van der Waals surface area contributed by atoms with Gasteiger partial charge in [-0.1, -0.05) is 19.8 Å². The Morgan fingerprint density at radius 2 is 2.27 bits per heavy atom. The van der Waals surface area contributed by atoms with Crippen LogP contribution < -0.4 is 0 Å². The molecule has 0 aliphatic heterocycles. The largest absolute Gasteiger partial charge is 0.481 e. The summed E-state index contributed by atoms with van der Waals surface area (Å²) in [6, 6.07) is 0. The maximum atomic E-state index is 10.6. The molecule has 0 bridgehead atoms. The zero-order chi connectivity index (χ0) is 8.06. The lowest BCUT2D eigenvalue weighted by molar-refractivity contribution is -0.139. The van der Waals surface area contributed by atoms with E-state index in [0.717, 1.165) is 18.8 Å². The number of hydrogen-bond donors (Lipinski definition) is 1. The topological polar surface area (TPSA) is 37.3 Å². The third-order valence-electron chi connectivity index (χ3n) is 3.10. The van der Waals surface area contributed by atoms with Crippen molar-refractivity contribution >= 4 is 5.97 Å². The van der Waals surface area contributed by atoms with Crippen LogP contribution in [0, 0.1) is 17.3 Å². The van der Waals surface area contributed by atoms with Gasteiger partial charge in [0, 0.05) is 0 Å². The van der Waals surface area contributed by atoms with Gasteiger partial charge in [0.15, 0.2) is 0 Å². The summed E-state index contributed by atoms with van der Waals surface area (Å²) in [5.74, 6) is 0.251. The second-order valence-electron chi connectivity index (χ2n) is 4.40. The summed E-state index contributed by atoms with van der Waals surface area (Å²) in [7, 11) is 0. The van der Waals surface area contributed by atoms with Crippen LogP contribution in [0.15, 0.2) is 0 Å². The first-order valence-corrected chi connectivity index (χ1v) is 4.35. The number of aliphatic carboxylic acids is 1. The lowest BCUT2D eigenvalue weighted by Gasteiger charge is -2.06. The Morgan fingerprint density at radius 3 is 2.64 bits per heavy atom. The average Bonchev–Trinajstić information content (AvgIpc) is 2.72. The number of rotatable bonds is 3. The maximum absolute atomic E-state index is 10.6. The van der Waals surface area contributed by atoms with E-state index in [1.54, 1.807) is 0 Å². The fourth-order valence-electron chi connectivity index (χ4n) is 2.00. The highest BCUT2D eigenvalue weighted by Gasteiger charge is 2.56. The number of hydrogen-bond acceptors (Lipinski definition) is 1. The third kappa shape index (κ3) is 1.26. The molecule has 0 spiro atoms. The Balaban J connectivity index is 1.88. The van der Waals surface area contributed by atoms with E-state index in [0.29, 0.717) is 0 Å². The molecule has 2 saturated carbocycles. The van der Waals surface area contributed by atoms with Crippen LogP contribution in [0.3, 0.4) is 0 Å². The predicted octanol–water partition coefficient (Wildman–Crippen LogP) is 1.90. The van der Waals surface area contributed by atoms with Crippen LogP contribution in [0.1, 0.15) is 32.6 Å². The molecule has 0 aromatic heterocycles. The molecule has 2 aliphatic carbocycles. The first kappa shape index (κ1) is 7.14. The van der Waals surface area contributed by atoms with Crippen molar-refractivity contribution in [1.82, 2.24) is 0 Å². The van der Waals surface area contributed by atoms with Gasteiger partial charge in [0.1, 0.15) is 0 Å². The van der Waals surface area contributed by atoms with Gasteiger partial charge in [-0.3, -0.25) is 4.79 Å². The second-order valence-corrected chi connectivity index (χ2v) is 4.40. The quantitative estimate of drug-likeness (QED) is 0.674. The van der Waals surface area contributed by atoms with Gasteiger partial charge in [-0.25, -0.2) is 0 Å². The molecule has 2 fully saturated rings. The van der Waals surface area contributed by atoms with Gasteiger partial charge in [0.2, 0.25) is 0 Å². The fraction of sp³-hybridized carbons (Fsp3) is 0.889. The van der Waals surface area contributed by atoms with E-state index in [9.17, 15) is 4.79 Å². The van der Waals surface area contributed by atoms with Crippen LogP contribution in [-0.4, -0.2) is 11.1 Å². The smallest absolute Gasteiger partial charge is 0.307 e. The van der Waals surface area contributed by atoms with Gasteiger partial charge in [0.25, 0.3) is 0 Å². The van der Waals surface area contributed by atoms with Crippen molar-refractivity contribution in [2.24, 2.45) is 17.3 Å². The van der Waals surface area contributed by atoms with Gasteiger partial charge in [-0.05, 0) is 24.2 Å². The molecule has 2 rings (SSSR count). The lowest BCUT2D eigenvalue weighted by Crippen LogP contribution is -2.07. The van der Waals surface area contributed by atoms with E-state index in [1.807, 2.05) is 0 Å². The molecule has 2 unspecified atom stereocenters. The summed E-state index contributed by atoms with van der Waals surface area (Å²) in [6.45, 7) is 2.12. The van der Waals surface area contributed by atoms with E-state index in [-0.39, 0.29) is 11.3 Å². The summed E-state index contributed by atoms with van der Waals surface area (Å²) in [4.78, 5) is 10.6. The van der Waals surface area contributed by atoms with Gasteiger partial charge in [0.05, 0.1) is 5.92 Å². The van der Waals surface area contributed by atoms with E-state index in [1.165, 1.54) is 12.8 Å². The Bertz CT molecular complexity index is 196. The molecule has 0 heterocycles. The molecular weight excluding hydrogens is 140 g/mol. The molecule has 2 aliphatic rings. The number of carboxylic acids is 1. The normalized spacial score (nSPS) is 42.1. The summed E-state index contributed by atoms with van der Waals surface area (Å²) < 4.78 is 0. The Morgan fingerprint density at radius 1 is 1.64 bits per heavy atom. The minimum absolute atomic E-state index is 0.0249. The van der Waals surface area contributed by atoms with Gasteiger partial charge >= 0.3 is 5.97 Å². The zero-order valence-corrected chi connectivity index (χ0v) is 6.84. The molecular formula is C9H14O2. The molecule has 2 nitrogen and oxygen atoms in total. The first-order valence-electron chi connectivity index (χ1n) is 4.35. The average molecular weight is 154 g/mol. The van der Waals surface area contributed by atoms with Crippen molar-refractivity contribution in [2.45, 2.75) is 32.6 Å². The standard InChI is InChI=1S/C9H14O2/c1-9(4-6-2-3-6)5-7(9)8(10)11/h6-7H,2-5H2,1H3,(H,10,11). The molecule has 0 aromatic rings. The number of carbonyl (C=O) groups is 1. The molecule has 62 valence electrons. The van der Waals surface area contributed by atoms with Crippen molar-refractivity contribution in [3.63, 3.8) is 0 Å². The monoisotopic (exact) mass is 154 g/mol. The molecule has 2 atom stereocenters. The van der Waals surface area contributed by atoms with Crippen LogP contribution in [0.5, 0.6) is 0 Å². The van der Waals surface area contributed by atoms with Crippen LogP contribution >= 0.6 is 0 Å². The highest BCUT2D eigenvalue weighted by Crippen LogP contribution is 2.59. The second kappa shape index (κ2) is 1.99. The minimum Gasteiger partial charge on any atom is -0.481 e. The van der Waals surface area contributed by atoms with Crippen molar-refractivity contribution in [2.75, 3.05) is 0 Å². The summed E-state index contributed by atoms with van der Waals surface area (Å²) in [5, 5.41) is 8.72. The summed E-state index contributed by atoms with van der Waals surface area (Å²) in [6.07, 6.45) is 4.74. The van der Waals surface area contributed by atoms with Crippen molar-refractivity contribution < 1.29 is 9.90 Å². The zero-order valence-electron chi connectivity index (χ0n) is 6.84. The van der Waals surface area contributed by atoms with Crippen LogP contribution in [0.25, 0.3) is 0 Å². The van der Waals surface area contributed by atoms with E-state index in [2.05, 4.69) is 6.92 Å². The molecule has 0 amide bonds.